The fraction of sp³-hybridized carbons (Fsp3) is 0.455. The highest BCUT2D eigenvalue weighted by Gasteiger charge is 2.21. The van der Waals surface area contributed by atoms with E-state index in [-0.39, 0.29) is 0 Å². The molecule has 86 valence electrons. The number of amides is 1. The molecule has 2 heterocycles. The molecule has 1 fully saturated rings. The average Bonchev–Trinajstić information content (AvgIpc) is 2.65. The molecular weight excluding hydrogens is 206 g/mol. The molecule has 0 saturated carbocycles. The first-order valence-corrected chi connectivity index (χ1v) is 5.37. The minimum Gasteiger partial charge on any atom is -0.409 e. The maximum Gasteiger partial charge on any atom is 0.410 e. The molecule has 1 aromatic rings. The van der Waals surface area contributed by atoms with Crippen molar-refractivity contribution in [3.05, 3.63) is 18.3 Å². The lowest BCUT2D eigenvalue weighted by molar-refractivity contribution is 0.210. The first-order valence-electron chi connectivity index (χ1n) is 5.37. The van der Waals surface area contributed by atoms with E-state index in [2.05, 4.69) is 16.8 Å². The topological polar surface area (TPSA) is 68.5 Å². The molecule has 16 heavy (non-hydrogen) atoms. The van der Waals surface area contributed by atoms with Gasteiger partial charge in [0.15, 0.2) is 5.75 Å². The summed E-state index contributed by atoms with van der Waals surface area (Å²) in [5, 5.41) is 0. The fourth-order valence-corrected chi connectivity index (χ4v) is 1.99. The van der Waals surface area contributed by atoms with Gasteiger partial charge in [-0.25, -0.2) is 9.78 Å². The number of rotatable bonds is 2. The number of nitrogens with zero attached hydrogens (tertiary/aromatic N) is 2. The van der Waals surface area contributed by atoms with Crippen molar-refractivity contribution in [2.75, 3.05) is 11.4 Å². The third-order valence-corrected chi connectivity index (χ3v) is 2.79. The van der Waals surface area contributed by atoms with E-state index < -0.39 is 6.09 Å². The van der Waals surface area contributed by atoms with Crippen LogP contribution in [0.15, 0.2) is 18.3 Å². The van der Waals surface area contributed by atoms with Crippen LogP contribution in [0.25, 0.3) is 0 Å². The molecule has 5 nitrogen and oxygen atoms in total. The maximum absolute atomic E-state index is 10.5. The van der Waals surface area contributed by atoms with Crippen molar-refractivity contribution in [2.45, 2.75) is 25.8 Å². The second kappa shape index (κ2) is 4.38. The summed E-state index contributed by atoms with van der Waals surface area (Å²) < 4.78 is 4.72. The Morgan fingerprint density at radius 2 is 2.44 bits per heavy atom. The molecule has 2 rings (SSSR count). The van der Waals surface area contributed by atoms with Gasteiger partial charge in [-0.1, -0.05) is 0 Å². The highest BCUT2D eigenvalue weighted by atomic mass is 16.5. The molecule has 0 aliphatic carbocycles. The van der Waals surface area contributed by atoms with E-state index in [4.69, 9.17) is 10.5 Å². The lowest BCUT2D eigenvalue weighted by Crippen LogP contribution is -2.27. The SMILES string of the molecule is CC1CCCN1c1ccc(OC(N)=O)cn1. The van der Waals surface area contributed by atoms with Crippen LogP contribution in [0.2, 0.25) is 0 Å². The van der Waals surface area contributed by atoms with Crippen LogP contribution < -0.4 is 15.4 Å². The molecule has 1 aromatic heterocycles. The number of pyridine rings is 1. The molecule has 1 unspecified atom stereocenters. The first kappa shape index (κ1) is 10.7. The van der Waals surface area contributed by atoms with E-state index in [1.165, 1.54) is 19.0 Å². The molecule has 0 bridgehead atoms. The summed E-state index contributed by atoms with van der Waals surface area (Å²) in [5.74, 6) is 1.30. The molecule has 1 saturated heterocycles. The van der Waals surface area contributed by atoms with Crippen LogP contribution in [0.3, 0.4) is 0 Å². The Kier molecular flexibility index (Phi) is 2.94. The quantitative estimate of drug-likeness (QED) is 0.822. The predicted octanol–water partition coefficient (Wildman–Crippen LogP) is 1.53. The van der Waals surface area contributed by atoms with E-state index in [0.717, 1.165) is 12.4 Å². The van der Waals surface area contributed by atoms with Crippen molar-refractivity contribution in [3.63, 3.8) is 0 Å². The lowest BCUT2D eigenvalue weighted by Gasteiger charge is -2.22. The molecule has 1 atom stereocenters. The molecule has 0 spiro atoms. The van der Waals surface area contributed by atoms with Crippen molar-refractivity contribution < 1.29 is 9.53 Å². The van der Waals surface area contributed by atoms with Crippen LogP contribution in [0.5, 0.6) is 5.75 Å². The molecule has 0 aromatic carbocycles. The Labute approximate surface area is 94.2 Å². The number of carbonyl (C=O) groups is 1. The summed E-state index contributed by atoms with van der Waals surface area (Å²) in [5.41, 5.74) is 4.91. The van der Waals surface area contributed by atoms with Crippen LogP contribution in [-0.4, -0.2) is 23.7 Å². The molecular formula is C11H15N3O2. The number of ether oxygens (including phenoxy) is 1. The summed E-state index contributed by atoms with van der Waals surface area (Å²) >= 11 is 0. The predicted molar refractivity (Wildman–Crippen MR) is 60.5 cm³/mol. The zero-order valence-corrected chi connectivity index (χ0v) is 9.22. The largest absolute Gasteiger partial charge is 0.410 e. The van der Waals surface area contributed by atoms with Crippen molar-refractivity contribution in [3.8, 4) is 5.75 Å². The van der Waals surface area contributed by atoms with Gasteiger partial charge in [0, 0.05) is 12.6 Å². The summed E-state index contributed by atoms with van der Waals surface area (Å²) in [6.45, 7) is 3.21. The van der Waals surface area contributed by atoms with E-state index in [9.17, 15) is 4.79 Å². The minimum absolute atomic E-state index is 0.378. The monoisotopic (exact) mass is 221 g/mol. The third-order valence-electron chi connectivity index (χ3n) is 2.79. The number of hydrogen-bond donors (Lipinski definition) is 1. The summed E-state index contributed by atoms with van der Waals surface area (Å²) in [6.07, 6.45) is 3.10. The Balaban J connectivity index is 2.09. The lowest BCUT2D eigenvalue weighted by atomic mass is 10.2. The molecule has 1 aliphatic rings. The number of aromatic nitrogens is 1. The summed E-state index contributed by atoms with van der Waals surface area (Å²) in [7, 11) is 0. The van der Waals surface area contributed by atoms with Crippen molar-refractivity contribution >= 4 is 11.9 Å². The first-order chi connectivity index (χ1) is 7.66. The van der Waals surface area contributed by atoms with Gasteiger partial charge in [0.05, 0.1) is 6.20 Å². The number of primary amides is 1. The van der Waals surface area contributed by atoms with Crippen LogP contribution in [0, 0.1) is 0 Å². The van der Waals surface area contributed by atoms with Gasteiger partial charge >= 0.3 is 6.09 Å². The van der Waals surface area contributed by atoms with Crippen LogP contribution in [0.4, 0.5) is 10.6 Å². The molecule has 1 amide bonds. The molecule has 0 radical (unpaired) electrons. The molecule has 5 heteroatoms. The highest BCUT2D eigenvalue weighted by molar-refractivity contribution is 5.68. The Bertz CT molecular complexity index is 377. The van der Waals surface area contributed by atoms with Crippen LogP contribution >= 0.6 is 0 Å². The van der Waals surface area contributed by atoms with Crippen LogP contribution in [-0.2, 0) is 0 Å². The van der Waals surface area contributed by atoms with Crippen molar-refractivity contribution in [1.82, 2.24) is 4.98 Å². The number of carbonyl (C=O) groups excluding carboxylic acids is 1. The molecule has 2 N–H and O–H groups in total. The second-order valence-corrected chi connectivity index (χ2v) is 3.96. The van der Waals surface area contributed by atoms with Crippen molar-refractivity contribution in [2.24, 2.45) is 5.73 Å². The highest BCUT2D eigenvalue weighted by Crippen LogP contribution is 2.24. The van der Waals surface area contributed by atoms with Crippen molar-refractivity contribution in [1.29, 1.82) is 0 Å². The minimum atomic E-state index is -0.816. The van der Waals surface area contributed by atoms with Gasteiger partial charge in [-0.2, -0.15) is 0 Å². The maximum atomic E-state index is 10.5. The Morgan fingerprint density at radius 1 is 1.62 bits per heavy atom. The zero-order valence-electron chi connectivity index (χ0n) is 9.22. The van der Waals surface area contributed by atoms with Gasteiger partial charge < -0.3 is 15.4 Å². The van der Waals surface area contributed by atoms with Crippen LogP contribution in [0.1, 0.15) is 19.8 Å². The number of nitrogens with two attached hydrogens (primary N) is 1. The smallest absolute Gasteiger partial charge is 0.409 e. The van der Waals surface area contributed by atoms with Gasteiger partial charge in [-0.3, -0.25) is 0 Å². The van der Waals surface area contributed by atoms with E-state index in [1.54, 1.807) is 6.07 Å². The average molecular weight is 221 g/mol. The van der Waals surface area contributed by atoms with Gasteiger partial charge in [-0.15, -0.1) is 0 Å². The fourth-order valence-electron chi connectivity index (χ4n) is 1.99. The van der Waals surface area contributed by atoms with E-state index in [0.29, 0.717) is 11.8 Å². The van der Waals surface area contributed by atoms with Gasteiger partial charge in [0.2, 0.25) is 0 Å². The second-order valence-electron chi connectivity index (χ2n) is 3.96. The normalized spacial score (nSPS) is 19.8. The van der Waals surface area contributed by atoms with Gasteiger partial charge in [-0.05, 0) is 31.9 Å². The zero-order chi connectivity index (χ0) is 11.5. The number of hydrogen-bond acceptors (Lipinski definition) is 4. The van der Waals surface area contributed by atoms with E-state index >= 15 is 0 Å². The third kappa shape index (κ3) is 2.24. The van der Waals surface area contributed by atoms with Gasteiger partial charge in [0.25, 0.3) is 0 Å². The summed E-state index contributed by atoms with van der Waals surface area (Å²) in [6, 6.07) is 4.08. The standard InChI is InChI=1S/C11H15N3O2/c1-8-3-2-6-14(8)10-5-4-9(7-13-10)16-11(12)15/h4-5,7-8H,2-3,6H2,1H3,(H2,12,15). The number of anilines is 1. The Hall–Kier alpha value is -1.78. The van der Waals surface area contributed by atoms with E-state index in [1.807, 2.05) is 6.07 Å². The Morgan fingerprint density at radius 3 is 2.94 bits per heavy atom. The van der Waals surface area contributed by atoms with Gasteiger partial charge in [0.1, 0.15) is 5.82 Å². The molecule has 1 aliphatic heterocycles. The summed E-state index contributed by atoms with van der Waals surface area (Å²) in [4.78, 5) is 17.0.